The SMILES string of the molecule is COc1ccc(O)c(CN2C[C@H](Sc3ccc(F)cc3)C[C@H]2C(=O)NCc2nonc2C)c1. The number of carbonyl (C=O) groups is 1. The third-order valence-electron chi connectivity index (χ3n) is 5.62. The van der Waals surface area contributed by atoms with Gasteiger partial charge in [0.15, 0.2) is 0 Å². The van der Waals surface area contributed by atoms with Crippen LogP contribution < -0.4 is 10.1 Å². The number of aryl methyl sites for hydroxylation is 1. The molecule has 0 aliphatic carbocycles. The first-order chi connectivity index (χ1) is 15.9. The standard InChI is InChI=1S/C23H25FN4O4S/c1-14-20(27-32-26-14)11-25-23(30)21-10-19(33-18-6-3-16(24)4-7-18)13-28(21)12-15-9-17(31-2)5-8-22(15)29/h3-9,19,21,29H,10-13H2,1-2H3,(H,25,30)/t19-,21+/m1/s1. The van der Waals surface area contributed by atoms with Gasteiger partial charge in [-0.25, -0.2) is 9.02 Å². The number of methoxy groups -OCH3 is 1. The Labute approximate surface area is 195 Å². The Morgan fingerprint density at radius 1 is 1.30 bits per heavy atom. The minimum atomic E-state index is -0.409. The summed E-state index contributed by atoms with van der Waals surface area (Å²) in [6.07, 6.45) is 0.606. The molecule has 1 saturated heterocycles. The molecular formula is C23H25FN4O4S. The number of halogens is 1. The lowest BCUT2D eigenvalue weighted by molar-refractivity contribution is -0.125. The first-order valence-electron chi connectivity index (χ1n) is 10.5. The molecule has 8 nitrogen and oxygen atoms in total. The highest BCUT2D eigenvalue weighted by molar-refractivity contribution is 8.00. The smallest absolute Gasteiger partial charge is 0.237 e. The van der Waals surface area contributed by atoms with Crippen molar-refractivity contribution in [1.82, 2.24) is 20.5 Å². The number of phenols is 1. The molecule has 1 fully saturated rings. The highest BCUT2D eigenvalue weighted by Gasteiger charge is 2.37. The van der Waals surface area contributed by atoms with Gasteiger partial charge in [-0.2, -0.15) is 0 Å². The van der Waals surface area contributed by atoms with Crippen LogP contribution in [0.4, 0.5) is 4.39 Å². The summed E-state index contributed by atoms with van der Waals surface area (Å²) in [4.78, 5) is 16.1. The highest BCUT2D eigenvalue weighted by atomic mass is 32.2. The number of carbonyl (C=O) groups excluding carboxylic acids is 1. The fraction of sp³-hybridized carbons (Fsp3) is 0.348. The van der Waals surface area contributed by atoms with E-state index in [0.29, 0.717) is 42.2 Å². The summed E-state index contributed by atoms with van der Waals surface area (Å²) < 4.78 is 23.3. The van der Waals surface area contributed by atoms with Gasteiger partial charge >= 0.3 is 0 Å². The predicted octanol–water partition coefficient (Wildman–Crippen LogP) is 3.28. The third-order valence-corrected chi connectivity index (χ3v) is 6.84. The zero-order chi connectivity index (χ0) is 23.4. The zero-order valence-corrected chi connectivity index (χ0v) is 19.1. The average Bonchev–Trinajstić information content (AvgIpc) is 3.40. The van der Waals surface area contributed by atoms with Crippen molar-refractivity contribution in [3.8, 4) is 11.5 Å². The fourth-order valence-corrected chi connectivity index (χ4v) is 5.06. The van der Waals surface area contributed by atoms with Crippen LogP contribution in [0.3, 0.4) is 0 Å². The van der Waals surface area contributed by atoms with Crippen molar-refractivity contribution in [1.29, 1.82) is 0 Å². The first kappa shape index (κ1) is 23.1. The van der Waals surface area contributed by atoms with Crippen molar-refractivity contribution in [3.63, 3.8) is 0 Å². The molecule has 1 aromatic heterocycles. The van der Waals surface area contributed by atoms with Crippen molar-refractivity contribution >= 4 is 17.7 Å². The molecular weight excluding hydrogens is 447 g/mol. The van der Waals surface area contributed by atoms with E-state index < -0.39 is 6.04 Å². The topological polar surface area (TPSA) is 101 Å². The summed E-state index contributed by atoms with van der Waals surface area (Å²) in [5, 5.41) is 20.9. The maximum absolute atomic E-state index is 13.3. The monoisotopic (exact) mass is 472 g/mol. The van der Waals surface area contributed by atoms with E-state index in [1.54, 1.807) is 56.1 Å². The Hall–Kier alpha value is -3.11. The molecule has 0 unspecified atom stereocenters. The number of hydrogen-bond donors (Lipinski definition) is 2. The van der Waals surface area contributed by atoms with Gasteiger partial charge in [-0.05, 0) is 55.8 Å². The number of benzene rings is 2. The van der Waals surface area contributed by atoms with Crippen LogP contribution in [-0.2, 0) is 17.9 Å². The van der Waals surface area contributed by atoms with Crippen LogP contribution in [0, 0.1) is 12.7 Å². The Morgan fingerprint density at radius 2 is 2.09 bits per heavy atom. The van der Waals surface area contributed by atoms with Gasteiger partial charge in [-0.3, -0.25) is 9.69 Å². The molecule has 174 valence electrons. The number of ether oxygens (including phenoxy) is 1. The number of amides is 1. The number of aromatic hydroxyl groups is 1. The van der Waals surface area contributed by atoms with Gasteiger partial charge in [0.2, 0.25) is 5.91 Å². The maximum Gasteiger partial charge on any atom is 0.237 e. The number of nitrogens with one attached hydrogen (secondary N) is 1. The average molecular weight is 473 g/mol. The van der Waals surface area contributed by atoms with Crippen molar-refractivity contribution in [2.75, 3.05) is 13.7 Å². The third kappa shape index (κ3) is 5.63. The molecule has 33 heavy (non-hydrogen) atoms. The summed E-state index contributed by atoms with van der Waals surface area (Å²) in [5.74, 6) is 0.362. The number of phenolic OH excluding ortho intramolecular Hbond substituents is 1. The van der Waals surface area contributed by atoms with Gasteiger partial charge in [0.05, 0.1) is 19.7 Å². The van der Waals surface area contributed by atoms with E-state index in [0.717, 1.165) is 4.90 Å². The summed E-state index contributed by atoms with van der Waals surface area (Å²) in [6.45, 7) is 2.99. The van der Waals surface area contributed by atoms with Gasteiger partial charge in [0.1, 0.15) is 28.7 Å². The summed E-state index contributed by atoms with van der Waals surface area (Å²) in [5.41, 5.74) is 1.89. The first-order valence-corrected chi connectivity index (χ1v) is 11.4. The van der Waals surface area contributed by atoms with Gasteiger partial charge in [-0.15, -0.1) is 11.8 Å². The molecule has 10 heteroatoms. The molecule has 0 radical (unpaired) electrons. The molecule has 2 aromatic carbocycles. The quantitative estimate of drug-likeness (QED) is 0.515. The summed E-state index contributed by atoms with van der Waals surface area (Å²) in [7, 11) is 1.57. The number of aromatic nitrogens is 2. The van der Waals surface area contributed by atoms with Crippen molar-refractivity contribution in [2.45, 2.75) is 42.6 Å². The number of rotatable bonds is 8. The molecule has 4 rings (SSSR count). The van der Waals surface area contributed by atoms with Gasteiger partial charge in [0, 0.05) is 28.8 Å². The molecule has 2 heterocycles. The summed E-state index contributed by atoms with van der Waals surface area (Å²) in [6, 6.07) is 11.0. The van der Waals surface area contributed by atoms with Crippen LogP contribution in [0.1, 0.15) is 23.4 Å². The van der Waals surface area contributed by atoms with Crippen LogP contribution in [0.25, 0.3) is 0 Å². The minimum absolute atomic E-state index is 0.120. The van der Waals surface area contributed by atoms with E-state index in [1.165, 1.54) is 12.1 Å². The van der Waals surface area contributed by atoms with Crippen molar-refractivity contribution in [3.05, 3.63) is 65.2 Å². The predicted molar refractivity (Wildman–Crippen MR) is 120 cm³/mol. The number of hydrogen-bond acceptors (Lipinski definition) is 8. The maximum atomic E-state index is 13.3. The highest BCUT2D eigenvalue weighted by Crippen LogP contribution is 2.35. The van der Waals surface area contributed by atoms with E-state index in [4.69, 9.17) is 9.37 Å². The molecule has 1 aliphatic heterocycles. The largest absolute Gasteiger partial charge is 0.508 e. The van der Waals surface area contributed by atoms with Crippen molar-refractivity contribution in [2.24, 2.45) is 0 Å². The molecule has 1 amide bonds. The fourth-order valence-electron chi connectivity index (χ4n) is 3.83. The Bertz CT molecular complexity index is 1110. The van der Waals surface area contributed by atoms with Gasteiger partial charge in [-0.1, -0.05) is 10.3 Å². The lowest BCUT2D eigenvalue weighted by atomic mass is 10.1. The van der Waals surface area contributed by atoms with Crippen LogP contribution in [0.2, 0.25) is 0 Å². The van der Waals surface area contributed by atoms with E-state index in [2.05, 4.69) is 15.6 Å². The van der Waals surface area contributed by atoms with Crippen LogP contribution in [0.15, 0.2) is 52.0 Å². The molecule has 0 spiro atoms. The van der Waals surface area contributed by atoms with E-state index in [-0.39, 0.29) is 29.3 Å². The van der Waals surface area contributed by atoms with Crippen LogP contribution in [-0.4, -0.2) is 51.2 Å². The molecule has 2 N–H and O–H groups in total. The molecule has 2 atom stereocenters. The van der Waals surface area contributed by atoms with E-state index in [1.807, 2.05) is 4.90 Å². The van der Waals surface area contributed by atoms with Gasteiger partial charge < -0.3 is 15.2 Å². The van der Waals surface area contributed by atoms with Crippen molar-refractivity contribution < 1.29 is 23.7 Å². The second kappa shape index (κ2) is 10.2. The van der Waals surface area contributed by atoms with E-state index >= 15 is 0 Å². The summed E-state index contributed by atoms with van der Waals surface area (Å²) >= 11 is 1.61. The van der Waals surface area contributed by atoms with Crippen LogP contribution in [0.5, 0.6) is 11.5 Å². The van der Waals surface area contributed by atoms with Crippen LogP contribution >= 0.6 is 11.8 Å². The lowest BCUT2D eigenvalue weighted by Gasteiger charge is -2.24. The number of nitrogens with zero attached hydrogens (tertiary/aromatic N) is 3. The second-order valence-electron chi connectivity index (χ2n) is 7.88. The Morgan fingerprint density at radius 3 is 2.79 bits per heavy atom. The molecule has 1 aliphatic rings. The minimum Gasteiger partial charge on any atom is -0.508 e. The Balaban J connectivity index is 1.50. The molecule has 0 saturated carbocycles. The number of likely N-dealkylation sites (tertiary alicyclic amines) is 1. The lowest BCUT2D eigenvalue weighted by Crippen LogP contribution is -2.42. The Kier molecular flexibility index (Phi) is 7.14. The molecule has 0 bridgehead atoms. The zero-order valence-electron chi connectivity index (χ0n) is 18.3. The number of thioether (sulfide) groups is 1. The molecule has 3 aromatic rings. The van der Waals surface area contributed by atoms with Gasteiger partial charge in [0.25, 0.3) is 0 Å². The second-order valence-corrected chi connectivity index (χ2v) is 9.26. The normalized spacial score (nSPS) is 18.4. The van der Waals surface area contributed by atoms with E-state index in [9.17, 15) is 14.3 Å².